The molecule has 0 spiro atoms. The summed E-state index contributed by atoms with van der Waals surface area (Å²) in [5, 5.41) is 4.74. The lowest BCUT2D eigenvalue weighted by molar-refractivity contribution is 0.479. The average Bonchev–Trinajstić information content (AvgIpc) is 3.76. The minimum atomic E-state index is -0.314. The standard InChI is InChI=1S/C48H28BNO3/c1-5-16-41-34(12-1)35-13-2-6-17-42(35)50(41)33-11-9-10-29(24-33)30-21-23-45-40(26-30)49-48-39(37-15-4-8-19-44(37)53-49)25-32(28-47(48)52-45)31-20-22-38-36-14-3-7-18-43(36)51-46(38)27-31/h1-28H. The van der Waals surface area contributed by atoms with E-state index in [1.807, 2.05) is 18.2 Å². The van der Waals surface area contributed by atoms with E-state index in [1.165, 1.54) is 21.8 Å². The van der Waals surface area contributed by atoms with Gasteiger partial charge in [-0.2, -0.15) is 0 Å². The molecule has 0 fully saturated rings. The summed E-state index contributed by atoms with van der Waals surface area (Å²) in [4.78, 5) is 0. The predicted molar refractivity (Wildman–Crippen MR) is 217 cm³/mol. The van der Waals surface area contributed by atoms with Crippen molar-refractivity contribution in [3.05, 3.63) is 170 Å². The van der Waals surface area contributed by atoms with Gasteiger partial charge in [0.15, 0.2) is 0 Å². The van der Waals surface area contributed by atoms with E-state index < -0.39 is 0 Å². The lowest BCUT2D eigenvalue weighted by atomic mass is 9.50. The van der Waals surface area contributed by atoms with Crippen molar-refractivity contribution in [2.24, 2.45) is 0 Å². The molecule has 0 bridgehead atoms. The quantitative estimate of drug-likeness (QED) is 0.175. The molecule has 0 unspecified atom stereocenters. The number of furan rings is 1. The molecule has 2 aromatic heterocycles. The van der Waals surface area contributed by atoms with Gasteiger partial charge < -0.3 is 18.4 Å². The second-order valence-corrected chi connectivity index (χ2v) is 14.0. The van der Waals surface area contributed by atoms with Crippen molar-refractivity contribution in [2.75, 3.05) is 0 Å². The van der Waals surface area contributed by atoms with Gasteiger partial charge in [-0.25, -0.2) is 0 Å². The zero-order valence-electron chi connectivity index (χ0n) is 28.4. The molecule has 0 aliphatic carbocycles. The van der Waals surface area contributed by atoms with Crippen molar-refractivity contribution in [1.82, 2.24) is 4.57 Å². The van der Waals surface area contributed by atoms with Crippen molar-refractivity contribution in [3.63, 3.8) is 0 Å². The van der Waals surface area contributed by atoms with Crippen molar-refractivity contribution >= 4 is 61.6 Å². The molecule has 2 aliphatic rings. The van der Waals surface area contributed by atoms with Gasteiger partial charge in [-0.05, 0) is 94.5 Å². The van der Waals surface area contributed by atoms with Crippen LogP contribution in [0.5, 0.6) is 17.2 Å². The Morgan fingerprint density at radius 3 is 1.98 bits per heavy atom. The van der Waals surface area contributed by atoms with Crippen molar-refractivity contribution in [2.45, 2.75) is 0 Å². The fourth-order valence-electron chi connectivity index (χ4n) is 8.64. The number of hydrogen-bond donors (Lipinski definition) is 0. The average molecular weight is 678 g/mol. The van der Waals surface area contributed by atoms with Crippen molar-refractivity contribution in [3.8, 4) is 56.3 Å². The molecule has 12 rings (SSSR count). The van der Waals surface area contributed by atoms with E-state index in [9.17, 15) is 0 Å². The molecule has 246 valence electrons. The summed E-state index contributed by atoms with van der Waals surface area (Å²) in [5.74, 6) is 2.49. The third-order valence-corrected chi connectivity index (χ3v) is 11.1. The molecule has 0 saturated carbocycles. The maximum atomic E-state index is 6.87. The molecule has 10 aromatic rings. The summed E-state index contributed by atoms with van der Waals surface area (Å²) >= 11 is 0. The Morgan fingerprint density at radius 2 is 1.11 bits per heavy atom. The normalized spacial score (nSPS) is 12.8. The highest BCUT2D eigenvalue weighted by molar-refractivity contribution is 6.84. The number of hydrogen-bond acceptors (Lipinski definition) is 3. The lowest BCUT2D eigenvalue weighted by Crippen LogP contribution is -2.53. The zero-order valence-corrected chi connectivity index (χ0v) is 28.4. The molecule has 2 aliphatic heterocycles. The van der Waals surface area contributed by atoms with Crippen LogP contribution in [0.25, 0.3) is 82.8 Å². The first-order valence-electron chi connectivity index (χ1n) is 18.0. The van der Waals surface area contributed by atoms with Gasteiger partial charge in [-0.1, -0.05) is 103 Å². The molecule has 53 heavy (non-hydrogen) atoms. The van der Waals surface area contributed by atoms with E-state index >= 15 is 0 Å². The van der Waals surface area contributed by atoms with Gasteiger partial charge in [0.05, 0.1) is 11.0 Å². The van der Waals surface area contributed by atoms with Gasteiger partial charge in [-0.15, -0.1) is 0 Å². The molecule has 5 heteroatoms. The van der Waals surface area contributed by atoms with E-state index in [-0.39, 0.29) is 6.92 Å². The molecule has 0 atom stereocenters. The number of para-hydroxylation sites is 4. The van der Waals surface area contributed by atoms with E-state index in [4.69, 9.17) is 13.8 Å². The number of aromatic nitrogens is 1. The largest absolute Gasteiger partial charge is 0.551 e. The Hall–Kier alpha value is -6.98. The minimum absolute atomic E-state index is 0.314. The van der Waals surface area contributed by atoms with Crippen LogP contribution in [0.3, 0.4) is 0 Å². The van der Waals surface area contributed by atoms with Crippen molar-refractivity contribution < 1.29 is 13.8 Å². The maximum absolute atomic E-state index is 6.87. The second kappa shape index (κ2) is 10.8. The summed E-state index contributed by atoms with van der Waals surface area (Å²) in [6.07, 6.45) is 0. The van der Waals surface area contributed by atoms with Crippen LogP contribution in [-0.4, -0.2) is 11.5 Å². The highest BCUT2D eigenvalue weighted by Crippen LogP contribution is 2.43. The van der Waals surface area contributed by atoms with Gasteiger partial charge in [0.2, 0.25) is 0 Å². The fraction of sp³-hybridized carbons (Fsp3) is 0. The first-order valence-corrected chi connectivity index (χ1v) is 18.0. The molecule has 0 N–H and O–H groups in total. The Kier molecular flexibility index (Phi) is 5.83. The zero-order chi connectivity index (χ0) is 34.6. The molecular formula is C48H28BNO3. The van der Waals surface area contributed by atoms with E-state index in [0.717, 1.165) is 89.2 Å². The number of rotatable bonds is 3. The molecule has 8 aromatic carbocycles. The third kappa shape index (κ3) is 4.19. The van der Waals surface area contributed by atoms with Crippen LogP contribution in [0.1, 0.15) is 0 Å². The number of fused-ring (bicyclic) bond motifs is 10. The van der Waals surface area contributed by atoms with Crippen LogP contribution in [0, 0.1) is 0 Å². The SMILES string of the molecule is c1cc(-c2ccc3c(c2)B2Oc4ccccc4-c4cc(-c5ccc6c(c5)oc5ccccc56)cc(c42)O3)cc(-n2c3ccccc3c3ccccc32)c1. The van der Waals surface area contributed by atoms with Crippen LogP contribution in [-0.2, 0) is 0 Å². The maximum Gasteiger partial charge on any atom is 0.434 e. The first-order chi connectivity index (χ1) is 26.2. The number of benzene rings is 8. The summed E-state index contributed by atoms with van der Waals surface area (Å²) in [6.45, 7) is -0.314. The summed E-state index contributed by atoms with van der Waals surface area (Å²) in [7, 11) is 0. The van der Waals surface area contributed by atoms with Crippen LogP contribution in [0.4, 0.5) is 0 Å². The van der Waals surface area contributed by atoms with Gasteiger partial charge in [-0.3, -0.25) is 0 Å². The lowest BCUT2D eigenvalue weighted by Gasteiger charge is -2.33. The van der Waals surface area contributed by atoms with Gasteiger partial charge >= 0.3 is 6.92 Å². The van der Waals surface area contributed by atoms with E-state index in [1.54, 1.807) is 0 Å². The summed E-state index contributed by atoms with van der Waals surface area (Å²) in [6, 6.07) is 60.0. The number of ether oxygens (including phenoxy) is 1. The minimum Gasteiger partial charge on any atom is -0.551 e. The molecule has 4 heterocycles. The van der Waals surface area contributed by atoms with Crippen LogP contribution in [0.2, 0.25) is 0 Å². The fourth-order valence-corrected chi connectivity index (χ4v) is 8.64. The van der Waals surface area contributed by atoms with E-state index in [0.29, 0.717) is 0 Å². The first kappa shape index (κ1) is 28.7. The Morgan fingerprint density at radius 1 is 0.415 bits per heavy atom. The van der Waals surface area contributed by atoms with Crippen LogP contribution >= 0.6 is 0 Å². The van der Waals surface area contributed by atoms with Gasteiger partial charge in [0.1, 0.15) is 28.4 Å². The topological polar surface area (TPSA) is 36.5 Å². The molecule has 0 saturated heterocycles. The van der Waals surface area contributed by atoms with Crippen molar-refractivity contribution in [1.29, 1.82) is 0 Å². The Bertz CT molecular complexity index is 3100. The highest BCUT2D eigenvalue weighted by atomic mass is 16.5. The Balaban J connectivity index is 0.984. The molecule has 0 radical (unpaired) electrons. The molecule has 0 amide bonds. The van der Waals surface area contributed by atoms with Crippen LogP contribution < -0.4 is 20.3 Å². The highest BCUT2D eigenvalue weighted by Gasteiger charge is 2.41. The van der Waals surface area contributed by atoms with E-state index in [2.05, 4.69) is 156 Å². The smallest absolute Gasteiger partial charge is 0.434 e. The molecule has 4 nitrogen and oxygen atoms in total. The third-order valence-electron chi connectivity index (χ3n) is 11.1. The summed E-state index contributed by atoms with van der Waals surface area (Å²) < 4.78 is 22.3. The number of nitrogens with zero attached hydrogens (tertiary/aromatic N) is 1. The summed E-state index contributed by atoms with van der Waals surface area (Å²) in [5.41, 5.74) is 13.9. The second-order valence-electron chi connectivity index (χ2n) is 14.0. The van der Waals surface area contributed by atoms with Gasteiger partial charge in [0, 0.05) is 43.7 Å². The predicted octanol–water partition coefficient (Wildman–Crippen LogP) is 11.3. The molecular weight excluding hydrogens is 649 g/mol. The van der Waals surface area contributed by atoms with Crippen LogP contribution in [0.15, 0.2) is 174 Å². The van der Waals surface area contributed by atoms with Gasteiger partial charge in [0.25, 0.3) is 0 Å². The Labute approximate surface area is 305 Å². The monoisotopic (exact) mass is 677 g/mol.